The molecule has 2 radical (unpaired) electrons. The van der Waals surface area contributed by atoms with Crippen molar-refractivity contribution in [1.29, 1.82) is 0 Å². The molecule has 0 spiro atoms. The van der Waals surface area contributed by atoms with Gasteiger partial charge in [-0.2, -0.15) is 12.1 Å². The van der Waals surface area contributed by atoms with Crippen LogP contribution >= 0.6 is 24.8 Å². The van der Waals surface area contributed by atoms with Gasteiger partial charge in [0.25, 0.3) is 0 Å². The number of hydrogen-bond acceptors (Lipinski definition) is 0. The van der Waals surface area contributed by atoms with Gasteiger partial charge in [0.1, 0.15) is 0 Å². The molecule has 0 heterocycles. The van der Waals surface area contributed by atoms with Crippen LogP contribution in [0.2, 0.25) is 0 Å². The molecular weight excluding hydrogens is 659 g/mol. The summed E-state index contributed by atoms with van der Waals surface area (Å²) in [5.41, 5.74) is 12.2. The fourth-order valence-corrected chi connectivity index (χ4v) is 5.51. The molecule has 0 aliphatic rings. The molecule has 0 aromatic heterocycles. The summed E-state index contributed by atoms with van der Waals surface area (Å²) in [6.07, 6.45) is 0. The van der Waals surface area contributed by atoms with Gasteiger partial charge in [0.2, 0.25) is 0 Å². The van der Waals surface area contributed by atoms with E-state index in [0.29, 0.717) is 5.92 Å². The van der Waals surface area contributed by atoms with E-state index in [-0.39, 0.29) is 39.7 Å². The van der Waals surface area contributed by atoms with Crippen LogP contribution in [0.3, 0.4) is 0 Å². The van der Waals surface area contributed by atoms with E-state index < -0.39 is 0 Å². The van der Waals surface area contributed by atoms with Crippen molar-refractivity contribution in [1.82, 2.24) is 0 Å². The minimum absolute atomic E-state index is 0. The number of hydrogen-bond donors (Lipinski definition) is 0. The molecule has 0 saturated heterocycles. The first-order chi connectivity index (χ1) is 18.8. The summed E-state index contributed by atoms with van der Waals surface area (Å²) in [6, 6.07) is 37.5. The maximum atomic E-state index is 3.06. The summed E-state index contributed by atoms with van der Waals surface area (Å²) in [5.74, 6) is 0.577. The van der Waals surface area contributed by atoms with Gasteiger partial charge in [-0.1, -0.05) is 99.5 Å². The number of benzene rings is 4. The van der Waals surface area contributed by atoms with Gasteiger partial charge in [-0.3, -0.25) is 0 Å². The van der Waals surface area contributed by atoms with Crippen LogP contribution in [0.4, 0.5) is 0 Å². The second-order valence-corrected chi connectivity index (χ2v) is 10.7. The van der Waals surface area contributed by atoms with E-state index in [1.165, 1.54) is 95.0 Å². The minimum atomic E-state index is 0. The van der Waals surface area contributed by atoms with Gasteiger partial charge < -0.3 is 14.9 Å². The number of rotatable bonds is 3. The first-order valence-corrected chi connectivity index (χ1v) is 17.7. The molecule has 0 nitrogen and oxygen atoms in total. The zero-order valence-electron chi connectivity index (χ0n) is 26.7. The number of aryl methyl sites for hydroxylation is 4. The summed E-state index contributed by atoms with van der Waals surface area (Å²) >= 11 is 1.36. The summed E-state index contributed by atoms with van der Waals surface area (Å²) in [4.78, 5) is 0. The van der Waals surface area contributed by atoms with Gasteiger partial charge in [-0.15, -0.1) is 93.4 Å². The Labute approximate surface area is 290 Å². The summed E-state index contributed by atoms with van der Waals surface area (Å²) in [6.45, 7) is 16.3. The molecule has 0 aliphatic heterocycles. The monoisotopic (exact) mass is 700 g/mol. The first-order valence-electron chi connectivity index (χ1n) is 13.6. The van der Waals surface area contributed by atoms with Crippen LogP contribution in [0.15, 0.2) is 103 Å². The predicted molar refractivity (Wildman–Crippen MR) is 196 cm³/mol. The van der Waals surface area contributed by atoms with Gasteiger partial charge >= 0.3 is 30.2 Å². The van der Waals surface area contributed by atoms with Crippen molar-refractivity contribution in [2.24, 2.45) is 0 Å². The van der Waals surface area contributed by atoms with Crippen LogP contribution in [0.25, 0.3) is 43.8 Å². The van der Waals surface area contributed by atoms with Gasteiger partial charge in [0.05, 0.1) is 0 Å². The molecule has 0 N–H and O–H groups in total. The van der Waals surface area contributed by atoms with Crippen LogP contribution in [0.1, 0.15) is 47.6 Å². The Balaban J connectivity index is 0.000000719. The molecule has 4 heteroatoms. The van der Waals surface area contributed by atoms with Crippen LogP contribution in [0.5, 0.6) is 0 Å². The van der Waals surface area contributed by atoms with Crippen LogP contribution < -0.4 is 0 Å². The average Bonchev–Trinajstić information content (AvgIpc) is 3.56. The second kappa shape index (κ2) is 18.6. The van der Waals surface area contributed by atoms with E-state index in [9.17, 15) is 0 Å². The molecule has 0 saturated carbocycles. The third-order valence-corrected chi connectivity index (χ3v) is 7.52. The van der Waals surface area contributed by atoms with Crippen molar-refractivity contribution in [3.05, 3.63) is 146 Å². The van der Waals surface area contributed by atoms with E-state index in [0.717, 1.165) is 0 Å². The third kappa shape index (κ3) is 9.15. The molecule has 0 atom stereocenters. The Kier molecular flexibility index (Phi) is 17.6. The van der Waals surface area contributed by atoms with Crippen LogP contribution in [0, 0.1) is 42.5 Å². The zero-order chi connectivity index (χ0) is 28.1. The second-order valence-electron chi connectivity index (χ2n) is 10.7. The molecule has 6 rings (SSSR count). The van der Waals surface area contributed by atoms with Crippen molar-refractivity contribution < 1.29 is 23.3 Å². The summed E-state index contributed by atoms with van der Waals surface area (Å²) in [5, 5.41) is 5.49. The maximum absolute atomic E-state index is 3.06. The first kappa shape index (κ1) is 40.8. The SMILES string of the molecule is Cc1cc2c(-c3ccccc3)ccc(C)c2[cH-]1.Cc1cccc(C)c1-c1cccc2[cH-]c(C(C)C)cc12.Cl.Cl.[CH3-].[CH3-].[Si]=[Zr]. The van der Waals surface area contributed by atoms with Crippen LogP contribution in [-0.4, -0.2) is 6.88 Å². The van der Waals surface area contributed by atoms with Crippen molar-refractivity contribution in [3.8, 4) is 22.3 Å². The topological polar surface area (TPSA) is 0 Å². The van der Waals surface area contributed by atoms with E-state index in [1.54, 1.807) is 0 Å². The molecular formula is C39H44Cl2SiZr-4. The Morgan fingerprint density at radius 2 is 1.21 bits per heavy atom. The van der Waals surface area contributed by atoms with Gasteiger partial charge in [0.15, 0.2) is 0 Å². The van der Waals surface area contributed by atoms with E-state index in [2.05, 4.69) is 152 Å². The van der Waals surface area contributed by atoms with Crippen molar-refractivity contribution >= 4 is 53.2 Å². The standard InChI is InChI=1S/C20H21.C17H15.2CH3.2ClH.Si.Zr/c1-13(2)17-11-16-9-6-10-18(19(16)12-17)20-14(3)7-5-8-15(20)4;1-12-10-16-13(2)8-9-15(17(16)11-12)14-6-4-3-5-7-14;;;;;;/h5-13H,1-4H3;3-11H,1-2H3;2*1H3;2*1H;;/q4*-1;;;;. The quantitative estimate of drug-likeness (QED) is 0.127. The molecule has 6 aromatic carbocycles. The molecule has 43 heavy (non-hydrogen) atoms. The summed E-state index contributed by atoms with van der Waals surface area (Å²) < 4.78 is 0. The van der Waals surface area contributed by atoms with Crippen molar-refractivity contribution in [2.75, 3.05) is 0 Å². The Morgan fingerprint density at radius 1 is 0.605 bits per heavy atom. The number of halogens is 2. The van der Waals surface area contributed by atoms with Gasteiger partial charge in [-0.05, 0) is 42.0 Å². The zero-order valence-corrected chi connectivity index (χ0v) is 31.8. The molecule has 0 unspecified atom stereocenters. The van der Waals surface area contributed by atoms with E-state index in [1.807, 2.05) is 0 Å². The normalized spacial score (nSPS) is 9.72. The molecule has 0 amide bonds. The molecule has 0 fully saturated rings. The Bertz CT molecular complexity index is 1690. The van der Waals surface area contributed by atoms with Crippen LogP contribution in [-0.2, 0) is 23.3 Å². The van der Waals surface area contributed by atoms with E-state index >= 15 is 0 Å². The van der Waals surface area contributed by atoms with Gasteiger partial charge in [0, 0.05) is 0 Å². The molecule has 6 aromatic rings. The molecule has 0 bridgehead atoms. The van der Waals surface area contributed by atoms with E-state index in [4.69, 9.17) is 0 Å². The third-order valence-electron chi connectivity index (χ3n) is 7.52. The summed E-state index contributed by atoms with van der Waals surface area (Å²) in [7, 11) is 0. The van der Waals surface area contributed by atoms with Gasteiger partial charge in [-0.25, -0.2) is 0 Å². The van der Waals surface area contributed by atoms with Crippen molar-refractivity contribution in [3.63, 3.8) is 0 Å². The Hall–Kier alpha value is -2.22. The molecule has 0 aliphatic carbocycles. The molecule has 226 valence electrons. The fourth-order valence-electron chi connectivity index (χ4n) is 5.51. The van der Waals surface area contributed by atoms with Crippen molar-refractivity contribution in [2.45, 2.75) is 47.5 Å². The Morgan fingerprint density at radius 3 is 1.81 bits per heavy atom. The fraction of sp³-hybridized carbons (Fsp3) is 0.179. The predicted octanol–water partition coefficient (Wildman–Crippen LogP) is 12.2. The number of fused-ring (bicyclic) bond motifs is 2. The average molecular weight is 703 g/mol.